The van der Waals surface area contributed by atoms with Gasteiger partial charge in [0.25, 0.3) is 0 Å². The number of nitrogens with one attached hydrogen (secondary N) is 3. The summed E-state index contributed by atoms with van der Waals surface area (Å²) in [6.45, 7) is 5.97. The highest BCUT2D eigenvalue weighted by atomic mass is 16.5. The summed E-state index contributed by atoms with van der Waals surface area (Å²) in [6, 6.07) is 16.9. The highest BCUT2D eigenvalue weighted by molar-refractivity contribution is 5.89. The average molecular weight is 377 g/mol. The van der Waals surface area contributed by atoms with E-state index in [4.69, 9.17) is 4.74 Å². The van der Waals surface area contributed by atoms with Crippen LogP contribution in [-0.2, 0) is 4.79 Å². The SMILES string of the molecule is CCOc1ccc(Nc2cc(C)nc(Nc3cccc(NC(C)=O)c3)n2)cc1. The summed E-state index contributed by atoms with van der Waals surface area (Å²) in [5.41, 5.74) is 3.21. The maximum absolute atomic E-state index is 11.2. The summed E-state index contributed by atoms with van der Waals surface area (Å²) in [6.07, 6.45) is 0. The van der Waals surface area contributed by atoms with E-state index >= 15 is 0 Å². The Labute approximate surface area is 164 Å². The Hall–Kier alpha value is -3.61. The number of hydrogen-bond acceptors (Lipinski definition) is 6. The Morgan fingerprint density at radius 1 is 0.964 bits per heavy atom. The van der Waals surface area contributed by atoms with Crippen LogP contribution in [0.3, 0.4) is 0 Å². The molecule has 0 spiro atoms. The van der Waals surface area contributed by atoms with Crippen LogP contribution in [0, 0.1) is 6.92 Å². The van der Waals surface area contributed by atoms with Crippen molar-refractivity contribution in [2.24, 2.45) is 0 Å². The third-order valence-electron chi connectivity index (χ3n) is 3.73. The van der Waals surface area contributed by atoms with Crippen LogP contribution in [0.1, 0.15) is 19.5 Å². The number of benzene rings is 2. The summed E-state index contributed by atoms with van der Waals surface area (Å²) < 4.78 is 5.46. The largest absolute Gasteiger partial charge is 0.494 e. The molecule has 0 saturated carbocycles. The molecule has 0 unspecified atom stereocenters. The topological polar surface area (TPSA) is 88.2 Å². The number of anilines is 5. The summed E-state index contributed by atoms with van der Waals surface area (Å²) in [5.74, 6) is 1.85. The van der Waals surface area contributed by atoms with Gasteiger partial charge in [-0.1, -0.05) is 6.07 Å². The van der Waals surface area contributed by atoms with Crippen LogP contribution in [0.25, 0.3) is 0 Å². The van der Waals surface area contributed by atoms with E-state index in [1.165, 1.54) is 6.92 Å². The van der Waals surface area contributed by atoms with E-state index < -0.39 is 0 Å². The van der Waals surface area contributed by atoms with Crippen molar-refractivity contribution in [1.82, 2.24) is 9.97 Å². The van der Waals surface area contributed by atoms with E-state index in [2.05, 4.69) is 25.9 Å². The van der Waals surface area contributed by atoms with Crippen LogP contribution >= 0.6 is 0 Å². The number of hydrogen-bond donors (Lipinski definition) is 3. The van der Waals surface area contributed by atoms with Gasteiger partial charge < -0.3 is 20.7 Å². The first-order valence-corrected chi connectivity index (χ1v) is 9.02. The molecule has 0 atom stereocenters. The fourth-order valence-corrected chi connectivity index (χ4v) is 2.64. The predicted octanol–water partition coefficient (Wildman–Crippen LogP) is 4.63. The lowest BCUT2D eigenvalue weighted by atomic mass is 10.2. The van der Waals surface area contributed by atoms with E-state index in [1.807, 2.05) is 68.4 Å². The smallest absolute Gasteiger partial charge is 0.229 e. The van der Waals surface area contributed by atoms with Gasteiger partial charge in [-0.05, 0) is 56.3 Å². The number of ether oxygens (including phenoxy) is 1. The van der Waals surface area contributed by atoms with Crippen molar-refractivity contribution < 1.29 is 9.53 Å². The highest BCUT2D eigenvalue weighted by Crippen LogP contribution is 2.22. The second-order valence-corrected chi connectivity index (χ2v) is 6.19. The van der Waals surface area contributed by atoms with Gasteiger partial charge in [0.15, 0.2) is 0 Å². The van der Waals surface area contributed by atoms with E-state index in [0.717, 1.165) is 22.8 Å². The quantitative estimate of drug-likeness (QED) is 0.556. The molecule has 7 nitrogen and oxygen atoms in total. The van der Waals surface area contributed by atoms with Crippen LogP contribution in [0.15, 0.2) is 54.6 Å². The fourth-order valence-electron chi connectivity index (χ4n) is 2.64. The lowest BCUT2D eigenvalue weighted by Crippen LogP contribution is -2.06. The average Bonchev–Trinajstić information content (AvgIpc) is 2.63. The van der Waals surface area contributed by atoms with Crippen molar-refractivity contribution in [2.45, 2.75) is 20.8 Å². The van der Waals surface area contributed by atoms with E-state index in [9.17, 15) is 4.79 Å². The molecule has 28 heavy (non-hydrogen) atoms. The summed E-state index contributed by atoms with van der Waals surface area (Å²) in [7, 11) is 0. The van der Waals surface area contributed by atoms with Gasteiger partial charge in [-0.3, -0.25) is 4.79 Å². The Kier molecular flexibility index (Phi) is 6.06. The lowest BCUT2D eigenvalue weighted by Gasteiger charge is -2.11. The second kappa shape index (κ2) is 8.85. The molecule has 0 aliphatic carbocycles. The monoisotopic (exact) mass is 377 g/mol. The van der Waals surface area contributed by atoms with Crippen molar-refractivity contribution in [2.75, 3.05) is 22.6 Å². The van der Waals surface area contributed by atoms with Crippen LogP contribution in [-0.4, -0.2) is 22.5 Å². The molecule has 3 aromatic rings. The molecule has 0 radical (unpaired) electrons. The van der Waals surface area contributed by atoms with Crippen molar-refractivity contribution >= 4 is 34.7 Å². The number of nitrogens with zero attached hydrogens (tertiary/aromatic N) is 2. The number of amides is 1. The zero-order valence-electron chi connectivity index (χ0n) is 16.1. The zero-order valence-corrected chi connectivity index (χ0v) is 16.1. The fraction of sp³-hybridized carbons (Fsp3) is 0.190. The normalized spacial score (nSPS) is 10.2. The van der Waals surface area contributed by atoms with Gasteiger partial charge in [0, 0.05) is 35.7 Å². The summed E-state index contributed by atoms with van der Waals surface area (Å²) in [4.78, 5) is 20.2. The summed E-state index contributed by atoms with van der Waals surface area (Å²) in [5, 5.41) is 9.21. The highest BCUT2D eigenvalue weighted by Gasteiger charge is 2.05. The molecule has 1 heterocycles. The number of aromatic nitrogens is 2. The minimum atomic E-state index is -0.120. The molecule has 0 aliphatic rings. The molecular weight excluding hydrogens is 354 g/mol. The number of carbonyl (C=O) groups is 1. The lowest BCUT2D eigenvalue weighted by molar-refractivity contribution is -0.114. The first kappa shape index (κ1) is 19.2. The molecule has 2 aromatic carbocycles. The first-order valence-electron chi connectivity index (χ1n) is 9.02. The van der Waals surface area contributed by atoms with Crippen molar-refractivity contribution in [3.05, 3.63) is 60.3 Å². The molecule has 1 amide bonds. The standard InChI is InChI=1S/C21H23N5O2/c1-4-28-19-10-8-16(9-11-19)24-20-12-14(2)22-21(26-20)25-18-7-5-6-17(13-18)23-15(3)27/h5-13H,4H2,1-3H3,(H,23,27)(H2,22,24,25,26). The Morgan fingerprint density at radius 2 is 1.71 bits per heavy atom. The second-order valence-electron chi connectivity index (χ2n) is 6.19. The Bertz CT molecular complexity index is 957. The van der Waals surface area contributed by atoms with Gasteiger partial charge in [0.2, 0.25) is 11.9 Å². The zero-order chi connectivity index (χ0) is 19.9. The summed E-state index contributed by atoms with van der Waals surface area (Å²) >= 11 is 0. The van der Waals surface area contributed by atoms with E-state index in [-0.39, 0.29) is 5.91 Å². The van der Waals surface area contributed by atoms with Gasteiger partial charge in [0.1, 0.15) is 11.6 Å². The number of aryl methyl sites for hydroxylation is 1. The number of carbonyl (C=O) groups excluding carboxylic acids is 1. The molecule has 1 aromatic heterocycles. The number of rotatable bonds is 7. The molecule has 7 heteroatoms. The third-order valence-corrected chi connectivity index (χ3v) is 3.73. The van der Waals surface area contributed by atoms with Crippen LogP contribution in [0.5, 0.6) is 5.75 Å². The van der Waals surface area contributed by atoms with E-state index in [0.29, 0.717) is 24.1 Å². The molecule has 0 bridgehead atoms. The van der Waals surface area contributed by atoms with Gasteiger partial charge in [-0.15, -0.1) is 0 Å². The third kappa shape index (κ3) is 5.44. The minimum absolute atomic E-state index is 0.120. The molecule has 3 rings (SSSR count). The first-order chi connectivity index (χ1) is 13.5. The molecule has 3 N–H and O–H groups in total. The maximum atomic E-state index is 11.2. The van der Waals surface area contributed by atoms with Gasteiger partial charge in [-0.2, -0.15) is 4.98 Å². The van der Waals surface area contributed by atoms with Gasteiger partial charge in [-0.25, -0.2) is 4.98 Å². The Morgan fingerprint density at radius 3 is 2.43 bits per heavy atom. The van der Waals surface area contributed by atoms with Gasteiger partial charge in [0.05, 0.1) is 6.61 Å². The minimum Gasteiger partial charge on any atom is -0.494 e. The molecule has 144 valence electrons. The van der Waals surface area contributed by atoms with Crippen LogP contribution in [0.4, 0.5) is 28.8 Å². The van der Waals surface area contributed by atoms with Crippen LogP contribution < -0.4 is 20.7 Å². The molecule has 0 aliphatic heterocycles. The van der Waals surface area contributed by atoms with Crippen LogP contribution in [0.2, 0.25) is 0 Å². The maximum Gasteiger partial charge on any atom is 0.229 e. The predicted molar refractivity (Wildman–Crippen MR) is 112 cm³/mol. The molecular formula is C21H23N5O2. The van der Waals surface area contributed by atoms with Crippen molar-refractivity contribution in [1.29, 1.82) is 0 Å². The Balaban J connectivity index is 1.75. The van der Waals surface area contributed by atoms with Crippen molar-refractivity contribution in [3.63, 3.8) is 0 Å². The molecule has 0 saturated heterocycles. The van der Waals surface area contributed by atoms with Gasteiger partial charge >= 0.3 is 0 Å². The molecule has 0 fully saturated rings. The van der Waals surface area contributed by atoms with Crippen molar-refractivity contribution in [3.8, 4) is 5.75 Å². The van der Waals surface area contributed by atoms with E-state index in [1.54, 1.807) is 0 Å².